The second kappa shape index (κ2) is 4.70. The van der Waals surface area contributed by atoms with E-state index in [0.717, 1.165) is 0 Å². The Morgan fingerprint density at radius 2 is 2.20 bits per heavy atom. The molecule has 0 saturated carbocycles. The molecule has 0 atom stereocenters. The molecule has 0 aliphatic rings. The summed E-state index contributed by atoms with van der Waals surface area (Å²) in [4.78, 5) is 21.4. The lowest BCUT2D eigenvalue weighted by Gasteiger charge is -1.96. The Morgan fingerprint density at radius 3 is 2.67 bits per heavy atom. The topological polar surface area (TPSA) is 106 Å². The Balaban J connectivity index is 2.89. The van der Waals surface area contributed by atoms with E-state index in [1.807, 2.05) is 0 Å². The van der Waals surface area contributed by atoms with Crippen molar-refractivity contribution in [3.05, 3.63) is 17.0 Å². The van der Waals surface area contributed by atoms with Gasteiger partial charge in [-0.1, -0.05) is 5.16 Å². The smallest absolute Gasteiger partial charge is 0.303 e. The molecular formula is C9H12N2O4. The van der Waals surface area contributed by atoms with Crippen LogP contribution < -0.4 is 5.73 Å². The fraction of sp³-hybridized carbons (Fsp3) is 0.444. The average molecular weight is 212 g/mol. The Bertz CT molecular complexity index is 383. The van der Waals surface area contributed by atoms with Gasteiger partial charge in [0.1, 0.15) is 0 Å². The molecule has 0 fully saturated rings. The van der Waals surface area contributed by atoms with Gasteiger partial charge in [-0.25, -0.2) is 0 Å². The third kappa shape index (κ3) is 2.63. The molecule has 0 unspecified atom stereocenters. The van der Waals surface area contributed by atoms with Gasteiger partial charge in [-0.15, -0.1) is 0 Å². The normalized spacial score (nSPS) is 10.3. The molecule has 0 saturated heterocycles. The molecule has 1 aromatic heterocycles. The number of Topliss-reactive ketones (excluding diaryl/α,β-unsaturated/α-hetero) is 1. The van der Waals surface area contributed by atoms with Crippen molar-refractivity contribution in [1.29, 1.82) is 0 Å². The number of nitrogens with zero attached hydrogens (tertiary/aromatic N) is 1. The van der Waals surface area contributed by atoms with Gasteiger partial charge in [0, 0.05) is 25.5 Å². The lowest BCUT2D eigenvalue weighted by atomic mass is 10.1. The molecule has 1 rings (SSSR count). The molecule has 0 radical (unpaired) electrons. The van der Waals surface area contributed by atoms with Crippen LogP contribution in [0.4, 0.5) is 0 Å². The van der Waals surface area contributed by atoms with Crippen LogP contribution in [-0.4, -0.2) is 22.0 Å². The van der Waals surface area contributed by atoms with Crippen LogP contribution >= 0.6 is 0 Å². The Labute approximate surface area is 86.0 Å². The standard InChI is InChI=1S/C9H12N2O4/c1-5(12)9-6(4-10)7(11-15-9)2-3-8(13)14/h2-4,10H2,1H3,(H,13,14). The van der Waals surface area contributed by atoms with Crippen molar-refractivity contribution in [3.63, 3.8) is 0 Å². The van der Waals surface area contributed by atoms with Gasteiger partial charge in [-0.2, -0.15) is 0 Å². The molecule has 0 aliphatic heterocycles. The highest BCUT2D eigenvalue weighted by Crippen LogP contribution is 2.15. The molecule has 3 N–H and O–H groups in total. The quantitative estimate of drug-likeness (QED) is 0.682. The van der Waals surface area contributed by atoms with Crippen LogP contribution in [0.1, 0.15) is 35.2 Å². The number of rotatable bonds is 5. The Hall–Kier alpha value is -1.69. The fourth-order valence-electron chi connectivity index (χ4n) is 1.25. The summed E-state index contributed by atoms with van der Waals surface area (Å²) < 4.78 is 4.81. The maximum Gasteiger partial charge on any atom is 0.303 e. The maximum absolute atomic E-state index is 11.1. The molecule has 1 heterocycles. The van der Waals surface area contributed by atoms with Gasteiger partial charge in [0.25, 0.3) is 0 Å². The molecule has 0 spiro atoms. The zero-order valence-electron chi connectivity index (χ0n) is 8.32. The van der Waals surface area contributed by atoms with E-state index in [0.29, 0.717) is 11.3 Å². The molecule has 6 nitrogen and oxygen atoms in total. The predicted molar refractivity (Wildman–Crippen MR) is 50.4 cm³/mol. The number of carbonyl (C=O) groups is 2. The number of aromatic nitrogens is 1. The van der Waals surface area contributed by atoms with Crippen molar-refractivity contribution < 1.29 is 19.2 Å². The second-order valence-corrected chi connectivity index (χ2v) is 3.09. The van der Waals surface area contributed by atoms with Crippen LogP contribution in [0.15, 0.2) is 4.52 Å². The lowest BCUT2D eigenvalue weighted by molar-refractivity contribution is -0.136. The third-order valence-corrected chi connectivity index (χ3v) is 1.97. The second-order valence-electron chi connectivity index (χ2n) is 3.09. The maximum atomic E-state index is 11.1. The summed E-state index contributed by atoms with van der Waals surface area (Å²) in [6, 6.07) is 0. The number of carboxylic acids is 1. The first-order valence-corrected chi connectivity index (χ1v) is 4.46. The highest BCUT2D eigenvalue weighted by atomic mass is 16.5. The SMILES string of the molecule is CC(=O)c1onc(CCC(=O)O)c1CN. The molecule has 82 valence electrons. The summed E-state index contributed by atoms with van der Waals surface area (Å²) in [6.07, 6.45) is 0.162. The summed E-state index contributed by atoms with van der Waals surface area (Å²) in [5.41, 5.74) is 6.39. The van der Waals surface area contributed by atoms with Crippen molar-refractivity contribution in [2.75, 3.05) is 0 Å². The minimum atomic E-state index is -0.926. The molecule has 1 aromatic rings. The van der Waals surface area contributed by atoms with Gasteiger partial charge < -0.3 is 15.4 Å². The van der Waals surface area contributed by atoms with Gasteiger partial charge in [0.15, 0.2) is 5.78 Å². The zero-order valence-corrected chi connectivity index (χ0v) is 8.32. The summed E-state index contributed by atoms with van der Waals surface area (Å²) >= 11 is 0. The highest BCUT2D eigenvalue weighted by molar-refractivity contribution is 5.92. The number of aryl methyl sites for hydroxylation is 1. The predicted octanol–water partition coefficient (Wildman–Crippen LogP) is 0.353. The molecule has 0 amide bonds. The van der Waals surface area contributed by atoms with E-state index in [1.54, 1.807) is 0 Å². The fourth-order valence-corrected chi connectivity index (χ4v) is 1.25. The Morgan fingerprint density at radius 1 is 1.53 bits per heavy atom. The zero-order chi connectivity index (χ0) is 11.4. The molecule has 6 heteroatoms. The summed E-state index contributed by atoms with van der Waals surface area (Å²) in [5.74, 6) is -1.06. The van der Waals surface area contributed by atoms with Gasteiger partial charge in [-0.3, -0.25) is 9.59 Å². The van der Waals surface area contributed by atoms with Crippen LogP contribution in [0.3, 0.4) is 0 Å². The molecule has 0 aromatic carbocycles. The first-order chi connectivity index (χ1) is 7.06. The minimum Gasteiger partial charge on any atom is -0.481 e. The molecule has 15 heavy (non-hydrogen) atoms. The van der Waals surface area contributed by atoms with Crippen molar-refractivity contribution >= 4 is 11.8 Å². The van der Waals surface area contributed by atoms with E-state index in [-0.39, 0.29) is 30.9 Å². The summed E-state index contributed by atoms with van der Waals surface area (Å²) in [5, 5.41) is 12.1. The minimum absolute atomic E-state index is 0.0587. The van der Waals surface area contributed by atoms with Crippen LogP contribution in [0.5, 0.6) is 0 Å². The first kappa shape index (κ1) is 11.4. The van der Waals surface area contributed by atoms with Gasteiger partial charge >= 0.3 is 5.97 Å². The van der Waals surface area contributed by atoms with Crippen LogP contribution in [-0.2, 0) is 17.8 Å². The van der Waals surface area contributed by atoms with Gasteiger partial charge in [0.2, 0.25) is 5.76 Å². The van der Waals surface area contributed by atoms with E-state index < -0.39 is 5.97 Å². The third-order valence-electron chi connectivity index (χ3n) is 1.97. The monoisotopic (exact) mass is 212 g/mol. The lowest BCUT2D eigenvalue weighted by Crippen LogP contribution is -2.06. The van der Waals surface area contributed by atoms with Crippen LogP contribution in [0, 0.1) is 0 Å². The van der Waals surface area contributed by atoms with E-state index in [2.05, 4.69) is 5.16 Å². The van der Waals surface area contributed by atoms with Crippen molar-refractivity contribution in [2.45, 2.75) is 26.3 Å². The van der Waals surface area contributed by atoms with E-state index >= 15 is 0 Å². The molecule has 0 bridgehead atoms. The number of hydrogen-bond donors (Lipinski definition) is 2. The number of aliphatic carboxylic acids is 1. The number of ketones is 1. The Kier molecular flexibility index (Phi) is 3.56. The van der Waals surface area contributed by atoms with Crippen molar-refractivity contribution in [2.24, 2.45) is 5.73 Å². The average Bonchev–Trinajstić information content (AvgIpc) is 2.57. The number of carbonyl (C=O) groups excluding carboxylic acids is 1. The van der Waals surface area contributed by atoms with Crippen LogP contribution in [0.2, 0.25) is 0 Å². The number of nitrogens with two attached hydrogens (primary N) is 1. The van der Waals surface area contributed by atoms with Gasteiger partial charge in [0.05, 0.1) is 12.1 Å². The van der Waals surface area contributed by atoms with Gasteiger partial charge in [-0.05, 0) is 0 Å². The highest BCUT2D eigenvalue weighted by Gasteiger charge is 2.18. The number of carboxylic acid groups (broad SMARTS) is 1. The molecular weight excluding hydrogens is 200 g/mol. The first-order valence-electron chi connectivity index (χ1n) is 4.46. The largest absolute Gasteiger partial charge is 0.481 e. The van der Waals surface area contributed by atoms with E-state index in [9.17, 15) is 9.59 Å². The van der Waals surface area contributed by atoms with E-state index in [4.69, 9.17) is 15.4 Å². The van der Waals surface area contributed by atoms with E-state index in [1.165, 1.54) is 6.92 Å². The molecule has 0 aliphatic carbocycles. The number of hydrogen-bond acceptors (Lipinski definition) is 5. The summed E-state index contributed by atoms with van der Waals surface area (Å²) in [6.45, 7) is 1.47. The summed E-state index contributed by atoms with van der Waals surface area (Å²) in [7, 11) is 0. The van der Waals surface area contributed by atoms with Crippen LogP contribution in [0.25, 0.3) is 0 Å². The van der Waals surface area contributed by atoms with Crippen molar-refractivity contribution in [1.82, 2.24) is 5.16 Å². The van der Waals surface area contributed by atoms with Crippen molar-refractivity contribution in [3.8, 4) is 0 Å².